The van der Waals surface area contributed by atoms with Gasteiger partial charge in [0, 0.05) is 24.7 Å². The van der Waals surface area contributed by atoms with Crippen molar-refractivity contribution in [2.45, 2.75) is 45.3 Å². The molecular weight excluding hydrogens is 572 g/mol. The zero-order chi connectivity index (χ0) is 29.4. The van der Waals surface area contributed by atoms with E-state index in [-0.39, 0.29) is 35.8 Å². The van der Waals surface area contributed by atoms with Crippen LogP contribution in [0.2, 0.25) is 5.02 Å². The van der Waals surface area contributed by atoms with E-state index < -0.39 is 24.0 Å². The number of nitrogens with zero attached hydrogens (tertiary/aromatic N) is 6. The maximum Gasteiger partial charge on any atom is 0.573 e. The number of ether oxygens (including phenoxy) is 1. The molecule has 11 nitrogen and oxygen atoms in total. The number of aryl methyl sites for hydroxylation is 2. The van der Waals surface area contributed by atoms with Crippen LogP contribution in [0.3, 0.4) is 0 Å². The fourth-order valence-electron chi connectivity index (χ4n) is 3.69. The summed E-state index contributed by atoms with van der Waals surface area (Å²) in [5.41, 5.74) is 0.640. The van der Waals surface area contributed by atoms with Crippen LogP contribution < -0.4 is 15.4 Å². The molecule has 16 heteroatoms. The summed E-state index contributed by atoms with van der Waals surface area (Å²) in [4.78, 5) is 24.6. The van der Waals surface area contributed by atoms with Gasteiger partial charge >= 0.3 is 6.36 Å². The molecule has 0 aliphatic heterocycles. The fourth-order valence-corrected chi connectivity index (χ4v) is 3.88. The first-order chi connectivity index (χ1) is 19.5. The average molecular weight is 595 g/mol. The second kappa shape index (κ2) is 13.2. The van der Waals surface area contributed by atoms with E-state index in [1.165, 1.54) is 41.2 Å². The number of hydrogen-bond acceptors (Lipinski definition) is 7. The van der Waals surface area contributed by atoms with Crippen molar-refractivity contribution in [3.63, 3.8) is 0 Å². The third kappa shape index (κ3) is 9.27. The zero-order valence-electron chi connectivity index (χ0n) is 21.2. The van der Waals surface area contributed by atoms with Crippen LogP contribution in [-0.2, 0) is 30.8 Å². The summed E-state index contributed by atoms with van der Waals surface area (Å²) < 4.78 is 57.9. The van der Waals surface area contributed by atoms with E-state index in [0.717, 1.165) is 6.07 Å². The highest BCUT2D eigenvalue weighted by Gasteiger charge is 2.31. The normalized spacial score (nSPS) is 11.3. The molecule has 0 saturated heterocycles. The molecule has 0 bridgehead atoms. The number of amides is 2. The van der Waals surface area contributed by atoms with Crippen LogP contribution in [0, 0.1) is 5.82 Å². The third-order valence-corrected chi connectivity index (χ3v) is 5.78. The number of aromatic nitrogens is 6. The van der Waals surface area contributed by atoms with Crippen LogP contribution >= 0.6 is 11.6 Å². The van der Waals surface area contributed by atoms with Gasteiger partial charge in [0.1, 0.15) is 11.6 Å². The minimum absolute atomic E-state index is 0.0292. The number of halogens is 5. The maximum atomic E-state index is 13.8. The number of carbonyl (C=O) groups is 2. The van der Waals surface area contributed by atoms with Crippen molar-refractivity contribution >= 4 is 29.2 Å². The van der Waals surface area contributed by atoms with Gasteiger partial charge in [-0.25, -0.2) is 4.39 Å². The molecule has 0 unspecified atom stereocenters. The number of carbonyl (C=O) groups excluding carboxylic acids is 2. The van der Waals surface area contributed by atoms with Gasteiger partial charge in [-0.15, -0.1) is 23.4 Å². The molecule has 0 spiro atoms. The maximum absolute atomic E-state index is 13.8. The fraction of sp³-hybridized carbons (Fsp3) is 0.280. The SMILES string of the molecule is O=C(Cc1cc(Cl)ccc1F)Nc1cn(CCCCn2cc(C(=O)NCc3cccc(OC(F)(F)F)c3)nn2)nn1. The summed E-state index contributed by atoms with van der Waals surface area (Å²) in [6.45, 7) is 0.921. The van der Waals surface area contributed by atoms with E-state index in [9.17, 15) is 27.2 Å². The molecule has 0 saturated carbocycles. The molecule has 2 aromatic carbocycles. The van der Waals surface area contributed by atoms with Crippen molar-refractivity contribution in [1.29, 1.82) is 0 Å². The second-order valence-electron chi connectivity index (χ2n) is 8.78. The molecule has 216 valence electrons. The van der Waals surface area contributed by atoms with Crippen LogP contribution in [0.1, 0.15) is 34.5 Å². The molecule has 0 radical (unpaired) electrons. The quantitative estimate of drug-likeness (QED) is 0.186. The standard InChI is InChI=1S/C25H23ClF4N8O3/c26-18-6-7-20(27)17(11-18)12-23(39)32-22-15-38(36-34-22)9-2-1-8-37-14-21(33-35-37)24(40)31-13-16-4-3-5-19(10-16)41-25(28,29)30/h3-7,10-11,14-15H,1-2,8-9,12-13H2,(H,31,40)(H,32,39). The minimum Gasteiger partial charge on any atom is -0.406 e. The largest absolute Gasteiger partial charge is 0.573 e. The summed E-state index contributed by atoms with van der Waals surface area (Å²) >= 11 is 5.85. The molecule has 4 rings (SSSR count). The van der Waals surface area contributed by atoms with Crippen LogP contribution in [0.25, 0.3) is 0 Å². The lowest BCUT2D eigenvalue weighted by Crippen LogP contribution is -2.23. The van der Waals surface area contributed by atoms with Crippen molar-refractivity contribution in [2.75, 3.05) is 5.32 Å². The molecule has 2 heterocycles. The highest BCUT2D eigenvalue weighted by Crippen LogP contribution is 2.23. The number of hydrogen-bond donors (Lipinski definition) is 2. The van der Waals surface area contributed by atoms with Crippen molar-refractivity contribution in [3.8, 4) is 5.75 Å². The number of rotatable bonds is 12. The van der Waals surface area contributed by atoms with Crippen molar-refractivity contribution in [1.82, 2.24) is 35.3 Å². The molecule has 0 aliphatic rings. The van der Waals surface area contributed by atoms with E-state index in [0.29, 0.717) is 36.5 Å². The number of nitrogens with one attached hydrogen (secondary N) is 2. The van der Waals surface area contributed by atoms with Gasteiger partial charge < -0.3 is 15.4 Å². The van der Waals surface area contributed by atoms with E-state index in [1.54, 1.807) is 16.9 Å². The van der Waals surface area contributed by atoms with Gasteiger partial charge in [0.05, 0.1) is 18.8 Å². The Hall–Kier alpha value is -4.53. The molecule has 0 aliphatic carbocycles. The van der Waals surface area contributed by atoms with Crippen LogP contribution in [0.15, 0.2) is 54.9 Å². The Labute approximate surface area is 235 Å². The predicted molar refractivity (Wildman–Crippen MR) is 137 cm³/mol. The van der Waals surface area contributed by atoms with Crippen LogP contribution in [0.5, 0.6) is 5.75 Å². The predicted octanol–water partition coefficient (Wildman–Crippen LogP) is 4.15. The van der Waals surface area contributed by atoms with Gasteiger partial charge in [-0.05, 0) is 54.3 Å². The number of unbranched alkanes of at least 4 members (excludes halogenated alkanes) is 1. The van der Waals surface area contributed by atoms with Crippen molar-refractivity contribution < 1.29 is 31.9 Å². The molecule has 2 aromatic heterocycles. The molecule has 2 amide bonds. The Bertz CT molecular complexity index is 1510. The van der Waals surface area contributed by atoms with E-state index in [2.05, 4.69) is 36.0 Å². The van der Waals surface area contributed by atoms with Crippen LogP contribution in [0.4, 0.5) is 23.4 Å². The number of benzene rings is 2. The summed E-state index contributed by atoms with van der Waals surface area (Å²) in [5, 5.41) is 21.1. The highest BCUT2D eigenvalue weighted by atomic mass is 35.5. The van der Waals surface area contributed by atoms with Crippen LogP contribution in [-0.4, -0.2) is 48.2 Å². The van der Waals surface area contributed by atoms with E-state index in [4.69, 9.17) is 11.6 Å². The first-order valence-electron chi connectivity index (χ1n) is 12.2. The summed E-state index contributed by atoms with van der Waals surface area (Å²) in [6, 6.07) is 9.26. The zero-order valence-corrected chi connectivity index (χ0v) is 22.0. The van der Waals surface area contributed by atoms with Gasteiger partial charge in [-0.1, -0.05) is 34.2 Å². The smallest absolute Gasteiger partial charge is 0.406 e. The Morgan fingerprint density at radius 3 is 2.46 bits per heavy atom. The Kier molecular flexibility index (Phi) is 9.49. The number of anilines is 1. The molecule has 0 fully saturated rings. The topological polar surface area (TPSA) is 129 Å². The third-order valence-electron chi connectivity index (χ3n) is 5.55. The van der Waals surface area contributed by atoms with E-state index in [1.807, 2.05) is 0 Å². The van der Waals surface area contributed by atoms with Gasteiger partial charge in [0.25, 0.3) is 5.91 Å². The summed E-state index contributed by atoms with van der Waals surface area (Å²) in [6.07, 6.45) is -0.674. The van der Waals surface area contributed by atoms with E-state index >= 15 is 0 Å². The number of alkyl halides is 3. The Morgan fingerprint density at radius 1 is 0.976 bits per heavy atom. The lowest BCUT2D eigenvalue weighted by atomic mass is 10.1. The molecule has 4 aromatic rings. The highest BCUT2D eigenvalue weighted by molar-refractivity contribution is 6.30. The summed E-state index contributed by atoms with van der Waals surface area (Å²) in [7, 11) is 0. The second-order valence-corrected chi connectivity index (χ2v) is 9.22. The summed E-state index contributed by atoms with van der Waals surface area (Å²) in [5.74, 6) is -1.68. The van der Waals surface area contributed by atoms with Gasteiger partial charge in [0.15, 0.2) is 11.5 Å². The molecular formula is C25H23ClF4N8O3. The Morgan fingerprint density at radius 2 is 1.71 bits per heavy atom. The molecule has 2 N–H and O–H groups in total. The monoisotopic (exact) mass is 594 g/mol. The average Bonchev–Trinajstić information content (AvgIpc) is 3.56. The van der Waals surface area contributed by atoms with Gasteiger partial charge in [-0.3, -0.25) is 19.0 Å². The van der Waals surface area contributed by atoms with Gasteiger partial charge in [0.2, 0.25) is 5.91 Å². The minimum atomic E-state index is -4.81. The Balaban J connectivity index is 1.17. The van der Waals surface area contributed by atoms with Crippen molar-refractivity contribution in [2.24, 2.45) is 0 Å². The lowest BCUT2D eigenvalue weighted by molar-refractivity contribution is -0.274. The molecule has 0 atom stereocenters. The molecule has 41 heavy (non-hydrogen) atoms. The first kappa shape index (κ1) is 29.5. The van der Waals surface area contributed by atoms with Gasteiger partial charge in [-0.2, -0.15) is 0 Å². The first-order valence-corrected chi connectivity index (χ1v) is 12.6. The van der Waals surface area contributed by atoms with Crippen molar-refractivity contribution in [3.05, 3.63) is 82.5 Å². The lowest BCUT2D eigenvalue weighted by Gasteiger charge is -2.10.